The molecule has 4 rings (SSSR count). The molecular formula is C19H18ClF2NO4S. The van der Waals surface area contributed by atoms with Crippen molar-refractivity contribution in [3.8, 4) is 5.75 Å². The third kappa shape index (κ3) is 2.74. The largest absolute Gasteiger partial charge is 0.488 e. The number of sulfone groups is 1. The second-order valence-corrected chi connectivity index (χ2v) is 9.67. The van der Waals surface area contributed by atoms with E-state index in [-0.39, 0.29) is 48.3 Å². The van der Waals surface area contributed by atoms with Gasteiger partial charge in [-0.1, -0.05) is 11.6 Å². The standard InChI is InChI=1S/C19H18ClF2NO4S/c20-11-1-3-13(4-2-11)28(25,26)19-8-7-12(9-24)23-16(19)10-27-18-15(22)6-5-14(21)17(18)19/h1-6,12,16,23-24H,7-10H2/t12-,16+,19-/m0/s1. The van der Waals surface area contributed by atoms with E-state index in [1.54, 1.807) is 0 Å². The maximum atomic E-state index is 14.9. The van der Waals surface area contributed by atoms with E-state index in [4.69, 9.17) is 16.3 Å². The van der Waals surface area contributed by atoms with Gasteiger partial charge >= 0.3 is 0 Å². The molecule has 1 saturated heterocycles. The number of nitrogens with one attached hydrogen (secondary N) is 1. The maximum Gasteiger partial charge on any atom is 0.190 e. The van der Waals surface area contributed by atoms with Gasteiger partial charge in [-0.05, 0) is 49.2 Å². The monoisotopic (exact) mass is 429 g/mol. The summed E-state index contributed by atoms with van der Waals surface area (Å²) in [6, 6.07) is 6.20. The van der Waals surface area contributed by atoms with Crippen LogP contribution < -0.4 is 10.1 Å². The Morgan fingerprint density at radius 1 is 1.18 bits per heavy atom. The molecule has 0 bridgehead atoms. The lowest BCUT2D eigenvalue weighted by Gasteiger charge is -2.49. The molecular weight excluding hydrogens is 412 g/mol. The molecule has 150 valence electrons. The first kappa shape index (κ1) is 19.6. The summed E-state index contributed by atoms with van der Waals surface area (Å²) in [5, 5.41) is 12.9. The summed E-state index contributed by atoms with van der Waals surface area (Å²) < 4.78 is 60.6. The highest BCUT2D eigenvalue weighted by Crippen LogP contribution is 2.52. The summed E-state index contributed by atoms with van der Waals surface area (Å²) in [4.78, 5) is -0.0392. The zero-order chi connectivity index (χ0) is 20.1. The van der Waals surface area contributed by atoms with Gasteiger partial charge in [0.1, 0.15) is 17.2 Å². The minimum absolute atomic E-state index is 0.0115. The van der Waals surface area contributed by atoms with Crippen LogP contribution in [0.25, 0.3) is 0 Å². The maximum absolute atomic E-state index is 14.9. The average molecular weight is 430 g/mol. The zero-order valence-corrected chi connectivity index (χ0v) is 16.2. The Bertz CT molecular complexity index is 1020. The number of piperidine rings is 1. The van der Waals surface area contributed by atoms with E-state index in [0.29, 0.717) is 5.02 Å². The van der Waals surface area contributed by atoms with Gasteiger partial charge in [0.05, 0.1) is 23.1 Å². The molecule has 0 unspecified atom stereocenters. The van der Waals surface area contributed by atoms with Gasteiger partial charge in [0.15, 0.2) is 21.4 Å². The second kappa shape index (κ2) is 6.95. The molecule has 0 aromatic heterocycles. The normalized spacial score (nSPS) is 26.9. The summed E-state index contributed by atoms with van der Waals surface area (Å²) in [7, 11) is -4.17. The molecule has 2 aliphatic heterocycles. The molecule has 0 amide bonds. The van der Waals surface area contributed by atoms with Gasteiger partial charge < -0.3 is 15.2 Å². The molecule has 3 atom stereocenters. The summed E-state index contributed by atoms with van der Waals surface area (Å²) >= 11 is 5.88. The van der Waals surface area contributed by atoms with E-state index >= 15 is 0 Å². The van der Waals surface area contributed by atoms with Crippen molar-refractivity contribution in [3.63, 3.8) is 0 Å². The van der Waals surface area contributed by atoms with Crippen molar-refractivity contribution >= 4 is 21.4 Å². The van der Waals surface area contributed by atoms with Crippen LogP contribution in [0.3, 0.4) is 0 Å². The number of hydrogen-bond donors (Lipinski definition) is 2. The molecule has 28 heavy (non-hydrogen) atoms. The van der Waals surface area contributed by atoms with Gasteiger partial charge in [0, 0.05) is 11.1 Å². The summed E-state index contributed by atoms with van der Waals surface area (Å²) in [5.41, 5.74) is -0.303. The fourth-order valence-corrected chi connectivity index (χ4v) is 6.60. The zero-order valence-electron chi connectivity index (χ0n) is 14.7. The number of benzene rings is 2. The number of halogens is 3. The van der Waals surface area contributed by atoms with Crippen LogP contribution in [0.15, 0.2) is 41.3 Å². The molecule has 2 aliphatic rings. The molecule has 2 N–H and O–H groups in total. The highest BCUT2D eigenvalue weighted by atomic mass is 35.5. The smallest absolute Gasteiger partial charge is 0.190 e. The molecule has 5 nitrogen and oxygen atoms in total. The van der Waals surface area contributed by atoms with Crippen LogP contribution in [0.4, 0.5) is 8.78 Å². The lowest BCUT2D eigenvalue weighted by Crippen LogP contribution is -2.64. The Labute approximate surface area is 166 Å². The average Bonchev–Trinajstić information content (AvgIpc) is 2.69. The molecule has 2 aromatic carbocycles. The third-order valence-electron chi connectivity index (χ3n) is 5.56. The highest BCUT2D eigenvalue weighted by molar-refractivity contribution is 7.92. The van der Waals surface area contributed by atoms with Crippen molar-refractivity contribution in [3.05, 3.63) is 58.6 Å². The number of aliphatic hydroxyl groups excluding tert-OH is 1. The van der Waals surface area contributed by atoms with Gasteiger partial charge in [-0.15, -0.1) is 0 Å². The minimum Gasteiger partial charge on any atom is -0.488 e. The van der Waals surface area contributed by atoms with E-state index in [9.17, 15) is 22.3 Å². The predicted molar refractivity (Wildman–Crippen MR) is 99.2 cm³/mol. The van der Waals surface area contributed by atoms with E-state index < -0.39 is 32.3 Å². The topological polar surface area (TPSA) is 75.6 Å². The van der Waals surface area contributed by atoms with Crippen LogP contribution in [0.2, 0.25) is 5.02 Å². The minimum atomic E-state index is -4.17. The number of fused-ring (bicyclic) bond motifs is 3. The number of aliphatic hydroxyl groups is 1. The Balaban J connectivity index is 1.99. The quantitative estimate of drug-likeness (QED) is 0.784. The fourth-order valence-electron chi connectivity index (χ4n) is 4.21. The Morgan fingerprint density at radius 2 is 1.86 bits per heavy atom. The third-order valence-corrected chi connectivity index (χ3v) is 8.36. The Hall–Kier alpha value is -1.74. The number of rotatable bonds is 3. The number of ether oxygens (including phenoxy) is 1. The van der Waals surface area contributed by atoms with Crippen LogP contribution in [0.1, 0.15) is 18.4 Å². The van der Waals surface area contributed by atoms with Gasteiger partial charge in [-0.2, -0.15) is 0 Å². The van der Waals surface area contributed by atoms with Crippen LogP contribution >= 0.6 is 11.6 Å². The first-order chi connectivity index (χ1) is 13.3. The lowest BCUT2D eigenvalue weighted by atomic mass is 9.79. The Morgan fingerprint density at radius 3 is 2.54 bits per heavy atom. The SMILES string of the molecule is O=S(=O)(c1ccc(Cl)cc1)[C@@]12CC[C@@H](CO)N[C@@H]1COc1c(F)ccc(F)c12. The van der Waals surface area contributed by atoms with Crippen molar-refractivity contribution in [1.82, 2.24) is 5.32 Å². The lowest BCUT2D eigenvalue weighted by molar-refractivity contribution is 0.112. The molecule has 0 saturated carbocycles. The van der Waals surface area contributed by atoms with Crippen LogP contribution in [0, 0.1) is 11.6 Å². The van der Waals surface area contributed by atoms with Crippen LogP contribution in [-0.4, -0.2) is 38.8 Å². The van der Waals surface area contributed by atoms with Crippen molar-refractivity contribution < 1.29 is 27.0 Å². The molecule has 9 heteroatoms. The highest BCUT2D eigenvalue weighted by Gasteiger charge is 2.59. The summed E-state index contributed by atoms with van der Waals surface area (Å²) in [6.45, 7) is -0.372. The van der Waals surface area contributed by atoms with Crippen molar-refractivity contribution in [2.24, 2.45) is 0 Å². The molecule has 2 aromatic rings. The van der Waals surface area contributed by atoms with Crippen LogP contribution in [-0.2, 0) is 14.6 Å². The van der Waals surface area contributed by atoms with Gasteiger partial charge in [-0.3, -0.25) is 0 Å². The van der Waals surface area contributed by atoms with Gasteiger partial charge in [0.2, 0.25) is 0 Å². The van der Waals surface area contributed by atoms with Crippen molar-refractivity contribution in [2.75, 3.05) is 13.2 Å². The first-order valence-electron chi connectivity index (χ1n) is 8.79. The van der Waals surface area contributed by atoms with E-state index in [1.807, 2.05) is 0 Å². The molecule has 2 heterocycles. The fraction of sp³-hybridized carbons (Fsp3) is 0.368. The van der Waals surface area contributed by atoms with E-state index in [2.05, 4.69) is 5.32 Å². The van der Waals surface area contributed by atoms with E-state index in [1.165, 1.54) is 24.3 Å². The number of hydrogen-bond acceptors (Lipinski definition) is 5. The Kier molecular flexibility index (Phi) is 4.86. The van der Waals surface area contributed by atoms with Crippen LogP contribution in [0.5, 0.6) is 5.75 Å². The first-order valence-corrected chi connectivity index (χ1v) is 10.7. The summed E-state index contributed by atoms with van der Waals surface area (Å²) in [6.07, 6.45) is 0.285. The molecule has 0 radical (unpaired) electrons. The molecule has 0 spiro atoms. The van der Waals surface area contributed by atoms with Crippen molar-refractivity contribution in [1.29, 1.82) is 0 Å². The summed E-state index contributed by atoms with van der Waals surface area (Å²) in [5.74, 6) is -2.04. The second-order valence-electron chi connectivity index (χ2n) is 7.03. The van der Waals surface area contributed by atoms with Crippen molar-refractivity contribution in [2.45, 2.75) is 34.6 Å². The molecule has 0 aliphatic carbocycles. The van der Waals surface area contributed by atoms with Gasteiger partial charge in [-0.25, -0.2) is 17.2 Å². The van der Waals surface area contributed by atoms with E-state index in [0.717, 1.165) is 12.1 Å². The predicted octanol–water partition coefficient (Wildman–Crippen LogP) is 2.79. The molecule has 1 fully saturated rings. The van der Waals surface area contributed by atoms with Gasteiger partial charge in [0.25, 0.3) is 0 Å².